The largest absolute Gasteiger partial charge is 0.484 e. The molecular formula is C18H18N2O4. The van der Waals surface area contributed by atoms with Gasteiger partial charge in [-0.15, -0.1) is 0 Å². The molecule has 0 aliphatic heterocycles. The Morgan fingerprint density at radius 3 is 2.62 bits per heavy atom. The van der Waals surface area contributed by atoms with E-state index in [-0.39, 0.29) is 25.0 Å². The van der Waals surface area contributed by atoms with E-state index in [1.165, 1.54) is 0 Å². The summed E-state index contributed by atoms with van der Waals surface area (Å²) >= 11 is 0. The number of amides is 2. The van der Waals surface area contributed by atoms with Crippen LogP contribution in [0.1, 0.15) is 6.92 Å². The summed E-state index contributed by atoms with van der Waals surface area (Å²) in [7, 11) is 0. The number of ether oxygens (including phenoxy) is 1. The smallest absolute Gasteiger partial charge is 0.258 e. The molecule has 24 heavy (non-hydrogen) atoms. The monoisotopic (exact) mass is 326 g/mol. The second-order valence-corrected chi connectivity index (χ2v) is 5.28. The summed E-state index contributed by atoms with van der Waals surface area (Å²) < 4.78 is 11.2. The maximum absolute atomic E-state index is 11.7. The van der Waals surface area contributed by atoms with Crippen LogP contribution in [0.5, 0.6) is 5.75 Å². The van der Waals surface area contributed by atoms with Crippen LogP contribution in [0.25, 0.3) is 21.9 Å². The molecule has 0 atom stereocenters. The highest BCUT2D eigenvalue weighted by molar-refractivity contribution is 6.05. The summed E-state index contributed by atoms with van der Waals surface area (Å²) in [4.78, 5) is 23.0. The molecule has 0 aliphatic carbocycles. The molecule has 6 nitrogen and oxygen atoms in total. The minimum atomic E-state index is -0.349. The van der Waals surface area contributed by atoms with Crippen LogP contribution in [0.15, 0.2) is 46.9 Å². The van der Waals surface area contributed by atoms with E-state index in [2.05, 4.69) is 10.6 Å². The number of carbonyl (C=O) groups is 2. The van der Waals surface area contributed by atoms with E-state index in [0.29, 0.717) is 12.3 Å². The number of hydrogen-bond acceptors (Lipinski definition) is 4. The van der Waals surface area contributed by atoms with Crippen molar-refractivity contribution in [1.29, 1.82) is 0 Å². The lowest BCUT2D eigenvalue weighted by Crippen LogP contribution is -2.38. The summed E-state index contributed by atoms with van der Waals surface area (Å²) in [6, 6.07) is 13.2. The van der Waals surface area contributed by atoms with Gasteiger partial charge in [-0.1, -0.05) is 18.2 Å². The van der Waals surface area contributed by atoms with Gasteiger partial charge in [0, 0.05) is 17.3 Å². The fourth-order valence-electron chi connectivity index (χ4n) is 2.43. The molecule has 1 heterocycles. The van der Waals surface area contributed by atoms with Crippen LogP contribution >= 0.6 is 0 Å². The molecule has 3 aromatic rings. The van der Waals surface area contributed by atoms with Gasteiger partial charge in [0.2, 0.25) is 5.91 Å². The van der Waals surface area contributed by atoms with Gasteiger partial charge in [0.25, 0.3) is 5.91 Å². The Morgan fingerprint density at radius 1 is 1.00 bits per heavy atom. The van der Waals surface area contributed by atoms with Crippen LogP contribution in [-0.4, -0.2) is 31.5 Å². The third kappa shape index (κ3) is 3.48. The highest BCUT2D eigenvalue weighted by Crippen LogP contribution is 2.31. The topological polar surface area (TPSA) is 80.6 Å². The van der Waals surface area contributed by atoms with E-state index in [4.69, 9.17) is 9.15 Å². The zero-order chi connectivity index (χ0) is 16.9. The number of carbonyl (C=O) groups excluding carboxylic acids is 2. The van der Waals surface area contributed by atoms with E-state index in [1.807, 2.05) is 43.3 Å². The van der Waals surface area contributed by atoms with Gasteiger partial charge in [0.05, 0.1) is 6.54 Å². The van der Waals surface area contributed by atoms with Crippen molar-refractivity contribution in [3.05, 3.63) is 42.5 Å². The molecular weight excluding hydrogens is 308 g/mol. The van der Waals surface area contributed by atoms with Crippen molar-refractivity contribution < 1.29 is 18.7 Å². The molecule has 2 amide bonds. The molecule has 0 saturated carbocycles. The first kappa shape index (κ1) is 15.9. The van der Waals surface area contributed by atoms with Gasteiger partial charge in [0.1, 0.15) is 16.9 Å². The summed E-state index contributed by atoms with van der Waals surface area (Å²) in [5.41, 5.74) is 1.58. The van der Waals surface area contributed by atoms with Crippen molar-refractivity contribution in [2.24, 2.45) is 0 Å². The third-order valence-corrected chi connectivity index (χ3v) is 3.54. The second kappa shape index (κ2) is 7.04. The number of nitrogens with one attached hydrogen (secondary N) is 2. The summed E-state index contributed by atoms with van der Waals surface area (Å²) in [6.45, 7) is 2.14. The standard InChI is InChI=1S/C18H18N2O4/c1-2-19-17(21)10-20-18(22)11-23-12-7-8-16-14(9-12)13-5-3-4-6-15(13)24-16/h3-9H,2,10-11H2,1H3,(H,19,21)(H,20,22). The predicted octanol–water partition coefficient (Wildman–Crippen LogP) is 2.22. The maximum atomic E-state index is 11.7. The Morgan fingerprint density at radius 2 is 1.79 bits per heavy atom. The van der Waals surface area contributed by atoms with Crippen LogP contribution in [-0.2, 0) is 9.59 Å². The molecule has 6 heteroatoms. The highest BCUT2D eigenvalue weighted by atomic mass is 16.5. The van der Waals surface area contributed by atoms with Gasteiger partial charge >= 0.3 is 0 Å². The van der Waals surface area contributed by atoms with Crippen LogP contribution in [0.4, 0.5) is 0 Å². The number of fused-ring (bicyclic) bond motifs is 3. The van der Waals surface area contributed by atoms with Crippen molar-refractivity contribution in [2.75, 3.05) is 19.7 Å². The quantitative estimate of drug-likeness (QED) is 0.728. The third-order valence-electron chi connectivity index (χ3n) is 3.54. The van der Waals surface area contributed by atoms with Gasteiger partial charge in [-0.05, 0) is 31.2 Å². The molecule has 0 aliphatic rings. The Hall–Kier alpha value is -3.02. The number of furan rings is 1. The van der Waals surface area contributed by atoms with Gasteiger partial charge < -0.3 is 19.8 Å². The lowest BCUT2D eigenvalue weighted by molar-refractivity contribution is -0.127. The van der Waals surface area contributed by atoms with E-state index in [9.17, 15) is 9.59 Å². The minimum Gasteiger partial charge on any atom is -0.484 e. The zero-order valence-corrected chi connectivity index (χ0v) is 13.3. The number of hydrogen-bond donors (Lipinski definition) is 2. The van der Waals surface area contributed by atoms with Crippen LogP contribution in [0, 0.1) is 0 Å². The summed E-state index contributed by atoms with van der Waals surface area (Å²) in [5.74, 6) is -0.00208. The lowest BCUT2D eigenvalue weighted by Gasteiger charge is -2.07. The zero-order valence-electron chi connectivity index (χ0n) is 13.3. The molecule has 0 unspecified atom stereocenters. The normalized spacial score (nSPS) is 10.7. The number of rotatable bonds is 6. The average Bonchev–Trinajstić information content (AvgIpc) is 2.96. The van der Waals surface area contributed by atoms with E-state index in [1.54, 1.807) is 6.07 Å². The van der Waals surface area contributed by atoms with Gasteiger partial charge in [-0.3, -0.25) is 9.59 Å². The molecule has 2 aromatic carbocycles. The van der Waals surface area contributed by atoms with Crippen molar-refractivity contribution in [3.8, 4) is 5.75 Å². The fraction of sp³-hybridized carbons (Fsp3) is 0.222. The Kier molecular flexibility index (Phi) is 4.65. The fourth-order valence-corrected chi connectivity index (χ4v) is 2.43. The van der Waals surface area contributed by atoms with Crippen molar-refractivity contribution in [3.63, 3.8) is 0 Å². The predicted molar refractivity (Wildman–Crippen MR) is 90.9 cm³/mol. The molecule has 2 N–H and O–H groups in total. The Balaban J connectivity index is 1.64. The van der Waals surface area contributed by atoms with E-state index < -0.39 is 0 Å². The summed E-state index contributed by atoms with van der Waals surface area (Å²) in [6.07, 6.45) is 0. The first-order valence-electron chi connectivity index (χ1n) is 7.75. The SMILES string of the molecule is CCNC(=O)CNC(=O)COc1ccc2oc3ccccc3c2c1. The first-order chi connectivity index (χ1) is 11.7. The van der Waals surface area contributed by atoms with Crippen LogP contribution < -0.4 is 15.4 Å². The lowest BCUT2D eigenvalue weighted by atomic mass is 10.1. The van der Waals surface area contributed by atoms with Crippen molar-refractivity contribution in [1.82, 2.24) is 10.6 Å². The molecule has 124 valence electrons. The van der Waals surface area contributed by atoms with Gasteiger partial charge in [0.15, 0.2) is 6.61 Å². The maximum Gasteiger partial charge on any atom is 0.258 e. The molecule has 0 spiro atoms. The number of benzene rings is 2. The van der Waals surface area contributed by atoms with E-state index in [0.717, 1.165) is 21.9 Å². The number of para-hydroxylation sites is 1. The second-order valence-electron chi connectivity index (χ2n) is 5.28. The average molecular weight is 326 g/mol. The molecule has 0 radical (unpaired) electrons. The van der Waals surface area contributed by atoms with Crippen molar-refractivity contribution >= 4 is 33.8 Å². The van der Waals surface area contributed by atoms with Crippen molar-refractivity contribution in [2.45, 2.75) is 6.92 Å². The molecule has 0 fully saturated rings. The molecule has 0 saturated heterocycles. The van der Waals surface area contributed by atoms with Crippen LogP contribution in [0.2, 0.25) is 0 Å². The van der Waals surface area contributed by atoms with Gasteiger partial charge in [-0.25, -0.2) is 0 Å². The number of likely N-dealkylation sites (N-methyl/N-ethyl adjacent to an activating group) is 1. The van der Waals surface area contributed by atoms with Crippen LogP contribution in [0.3, 0.4) is 0 Å². The first-order valence-corrected chi connectivity index (χ1v) is 7.75. The molecule has 1 aromatic heterocycles. The minimum absolute atomic E-state index is 0.0541. The summed E-state index contributed by atoms with van der Waals surface area (Å²) in [5, 5.41) is 7.04. The van der Waals surface area contributed by atoms with E-state index >= 15 is 0 Å². The molecule has 0 bridgehead atoms. The Labute approximate surface area is 138 Å². The molecule has 3 rings (SSSR count). The highest BCUT2D eigenvalue weighted by Gasteiger charge is 2.09. The van der Waals surface area contributed by atoms with Gasteiger partial charge in [-0.2, -0.15) is 0 Å². The Bertz CT molecular complexity index is 885.